The monoisotopic (exact) mass is 127 g/mol. The van der Waals surface area contributed by atoms with Gasteiger partial charge in [0.15, 0.2) is 0 Å². The summed E-state index contributed by atoms with van der Waals surface area (Å²) >= 11 is 1.35. The Bertz CT molecular complexity index is 69.3. The molecule has 0 atom stereocenters. The van der Waals surface area contributed by atoms with Crippen molar-refractivity contribution in [2.75, 3.05) is 12.3 Å². The molecule has 2 nitrogen and oxygen atoms in total. The summed E-state index contributed by atoms with van der Waals surface area (Å²) in [6.07, 6.45) is 0. The Morgan fingerprint density at radius 3 is 2.57 bits per heavy atom. The van der Waals surface area contributed by atoms with Crippen LogP contribution in [0.25, 0.3) is 0 Å². The molecule has 0 spiro atoms. The maximum absolute atomic E-state index is 10.1. The average molecular weight is 127 g/mol. The van der Waals surface area contributed by atoms with Crippen LogP contribution < -0.4 is 5.32 Å². The van der Waals surface area contributed by atoms with E-state index >= 15 is 0 Å². The third kappa shape index (κ3) is 2.59. The Labute approximate surface area is 68.7 Å². The van der Waals surface area contributed by atoms with Crippen LogP contribution in [0.2, 0.25) is 0 Å². The second-order valence-electron chi connectivity index (χ2n) is 1.06. The topological polar surface area (TPSA) is 29.1 Å². The van der Waals surface area contributed by atoms with Gasteiger partial charge in [0.25, 0.3) is 5.24 Å². The Morgan fingerprint density at radius 1 is 1.71 bits per heavy atom. The number of carbonyl (C=O) groups excluding carboxylic acids is 1. The van der Waals surface area contributed by atoms with Crippen molar-refractivity contribution in [2.24, 2.45) is 0 Å². The SMILES string of the molecule is O=C1NCCS1.[NaH]. The van der Waals surface area contributed by atoms with E-state index in [4.69, 9.17) is 0 Å². The van der Waals surface area contributed by atoms with Crippen LogP contribution in [-0.2, 0) is 0 Å². The molecule has 0 radical (unpaired) electrons. The summed E-state index contributed by atoms with van der Waals surface area (Å²) in [5.41, 5.74) is 0. The number of hydrogen-bond donors (Lipinski definition) is 1. The fraction of sp³-hybridized carbons (Fsp3) is 0.667. The van der Waals surface area contributed by atoms with Crippen LogP contribution in [0.15, 0.2) is 0 Å². The first kappa shape index (κ1) is 7.82. The molecular formula is C3H6NNaOS. The van der Waals surface area contributed by atoms with E-state index < -0.39 is 0 Å². The molecule has 1 amide bonds. The molecule has 0 bridgehead atoms. The van der Waals surface area contributed by atoms with Gasteiger partial charge in [-0.3, -0.25) is 4.79 Å². The van der Waals surface area contributed by atoms with E-state index in [-0.39, 0.29) is 34.8 Å². The zero-order valence-corrected chi connectivity index (χ0v) is 4.05. The number of carbonyl (C=O) groups is 1. The van der Waals surface area contributed by atoms with Crippen molar-refractivity contribution < 1.29 is 4.79 Å². The molecule has 1 aliphatic rings. The summed E-state index contributed by atoms with van der Waals surface area (Å²) < 4.78 is 0. The fourth-order valence-corrected chi connectivity index (χ4v) is 0.941. The van der Waals surface area contributed by atoms with Gasteiger partial charge < -0.3 is 5.32 Å². The Morgan fingerprint density at radius 2 is 2.43 bits per heavy atom. The van der Waals surface area contributed by atoms with Crippen LogP contribution in [0.5, 0.6) is 0 Å². The number of nitrogens with one attached hydrogen (secondary N) is 1. The molecule has 0 aromatic carbocycles. The van der Waals surface area contributed by atoms with E-state index in [0.29, 0.717) is 0 Å². The standard InChI is InChI=1S/C3H5NOS.Na.H/c5-3-4-1-2-6-3;;/h1-2H2,(H,4,5);;. The molecule has 36 valence electrons. The first-order valence-electron chi connectivity index (χ1n) is 1.80. The van der Waals surface area contributed by atoms with E-state index in [0.717, 1.165) is 12.3 Å². The van der Waals surface area contributed by atoms with Crippen LogP contribution in [-0.4, -0.2) is 47.1 Å². The minimum atomic E-state index is 0. The van der Waals surface area contributed by atoms with Crippen LogP contribution >= 0.6 is 11.8 Å². The third-order valence-corrected chi connectivity index (χ3v) is 1.42. The molecule has 0 aliphatic carbocycles. The average Bonchev–Trinajstić information content (AvgIpc) is 1.86. The normalized spacial score (nSPS) is 18.0. The van der Waals surface area contributed by atoms with Gasteiger partial charge in [0.2, 0.25) is 0 Å². The molecule has 0 unspecified atom stereocenters. The molecule has 0 saturated carbocycles. The summed E-state index contributed by atoms with van der Waals surface area (Å²) in [6, 6.07) is 0. The van der Waals surface area contributed by atoms with E-state index in [9.17, 15) is 4.79 Å². The molecule has 0 aromatic rings. The molecule has 1 N–H and O–H groups in total. The van der Waals surface area contributed by atoms with Gasteiger partial charge in [0.1, 0.15) is 0 Å². The Hall–Kier alpha value is 0.820. The van der Waals surface area contributed by atoms with Crippen LogP contribution in [0.3, 0.4) is 0 Å². The maximum atomic E-state index is 10.1. The van der Waals surface area contributed by atoms with Crippen LogP contribution in [0.1, 0.15) is 0 Å². The van der Waals surface area contributed by atoms with Gasteiger partial charge in [0, 0.05) is 12.3 Å². The van der Waals surface area contributed by atoms with E-state index in [1.54, 1.807) is 0 Å². The predicted molar refractivity (Wildman–Crippen MR) is 33.0 cm³/mol. The van der Waals surface area contributed by atoms with E-state index in [1.165, 1.54) is 11.8 Å². The molecular weight excluding hydrogens is 121 g/mol. The number of thioether (sulfide) groups is 1. The fourth-order valence-electron chi connectivity index (χ4n) is 0.348. The summed E-state index contributed by atoms with van der Waals surface area (Å²) in [6.45, 7) is 0.851. The van der Waals surface area contributed by atoms with Gasteiger partial charge in [-0.15, -0.1) is 0 Å². The van der Waals surface area contributed by atoms with Crippen molar-refractivity contribution in [1.82, 2.24) is 5.32 Å². The molecule has 1 heterocycles. The van der Waals surface area contributed by atoms with Gasteiger partial charge in [-0.05, 0) is 0 Å². The number of rotatable bonds is 0. The number of hydrogen-bond acceptors (Lipinski definition) is 2. The van der Waals surface area contributed by atoms with Crippen molar-refractivity contribution >= 4 is 46.6 Å². The van der Waals surface area contributed by atoms with Crippen molar-refractivity contribution in [3.63, 3.8) is 0 Å². The minimum absolute atomic E-state index is 0. The number of amides is 1. The third-order valence-electron chi connectivity index (χ3n) is 0.605. The Balaban J connectivity index is 0.000000360. The second kappa shape index (κ2) is 3.78. The van der Waals surface area contributed by atoms with Crippen molar-refractivity contribution in [2.45, 2.75) is 0 Å². The van der Waals surface area contributed by atoms with Crippen molar-refractivity contribution in [3.05, 3.63) is 0 Å². The van der Waals surface area contributed by atoms with E-state index in [1.807, 2.05) is 0 Å². The van der Waals surface area contributed by atoms with Gasteiger partial charge in [-0.1, -0.05) is 11.8 Å². The van der Waals surface area contributed by atoms with Crippen LogP contribution in [0.4, 0.5) is 4.79 Å². The van der Waals surface area contributed by atoms with Crippen molar-refractivity contribution in [3.8, 4) is 0 Å². The van der Waals surface area contributed by atoms with Gasteiger partial charge in [-0.2, -0.15) is 0 Å². The molecule has 0 aromatic heterocycles. The molecule has 1 saturated heterocycles. The predicted octanol–water partition coefficient (Wildman–Crippen LogP) is -0.206. The molecule has 1 aliphatic heterocycles. The Kier molecular flexibility index (Phi) is 4.22. The quantitative estimate of drug-likeness (QED) is 0.456. The van der Waals surface area contributed by atoms with Crippen LogP contribution in [0, 0.1) is 0 Å². The first-order valence-corrected chi connectivity index (χ1v) is 2.79. The summed E-state index contributed by atoms with van der Waals surface area (Å²) in [5.74, 6) is 0.943. The zero-order chi connectivity index (χ0) is 4.41. The molecule has 1 rings (SSSR count). The zero-order valence-electron chi connectivity index (χ0n) is 3.23. The summed E-state index contributed by atoms with van der Waals surface area (Å²) in [4.78, 5) is 10.1. The summed E-state index contributed by atoms with van der Waals surface area (Å²) in [5, 5.41) is 2.76. The van der Waals surface area contributed by atoms with Gasteiger partial charge >= 0.3 is 29.6 Å². The van der Waals surface area contributed by atoms with E-state index in [2.05, 4.69) is 5.32 Å². The molecule has 7 heavy (non-hydrogen) atoms. The molecule has 4 heteroatoms. The van der Waals surface area contributed by atoms with Crippen molar-refractivity contribution in [1.29, 1.82) is 0 Å². The van der Waals surface area contributed by atoms with Gasteiger partial charge in [0.05, 0.1) is 0 Å². The van der Waals surface area contributed by atoms with Gasteiger partial charge in [-0.25, -0.2) is 0 Å². The first-order chi connectivity index (χ1) is 2.89. The molecule has 1 fully saturated rings. The summed E-state index contributed by atoms with van der Waals surface area (Å²) in [7, 11) is 0. The second-order valence-corrected chi connectivity index (χ2v) is 2.13.